The summed E-state index contributed by atoms with van der Waals surface area (Å²) in [7, 11) is 1.40. The minimum absolute atomic E-state index is 0.0628. The fraction of sp³-hybridized carbons (Fsp3) is 0.250. The van der Waals surface area contributed by atoms with Gasteiger partial charge in [0.25, 0.3) is 5.91 Å². The Morgan fingerprint density at radius 2 is 1.54 bits per heavy atom. The minimum Gasteiger partial charge on any atom is -0.493 e. The van der Waals surface area contributed by atoms with Crippen molar-refractivity contribution in [2.24, 2.45) is 0 Å². The molecule has 200 valence electrons. The quantitative estimate of drug-likeness (QED) is 0.263. The van der Waals surface area contributed by atoms with E-state index in [0.717, 1.165) is 11.1 Å². The number of methoxy groups -OCH3 is 1. The summed E-state index contributed by atoms with van der Waals surface area (Å²) in [5.41, 5.74) is 2.10. The number of pyridine rings is 1. The number of nitrogens with one attached hydrogen (secondary N) is 1. The molecule has 2 unspecified atom stereocenters. The van der Waals surface area contributed by atoms with Gasteiger partial charge in [-0.15, -0.1) is 0 Å². The van der Waals surface area contributed by atoms with E-state index in [1.807, 2.05) is 48.5 Å². The van der Waals surface area contributed by atoms with Crippen molar-refractivity contribution in [3.8, 4) is 11.5 Å². The first-order valence-corrected chi connectivity index (χ1v) is 12.9. The van der Waals surface area contributed by atoms with Crippen LogP contribution in [0.4, 0.5) is 0 Å². The summed E-state index contributed by atoms with van der Waals surface area (Å²) >= 11 is 12.2. The van der Waals surface area contributed by atoms with Crippen molar-refractivity contribution in [1.82, 2.24) is 20.4 Å². The maximum atomic E-state index is 13.1. The van der Waals surface area contributed by atoms with Gasteiger partial charge in [-0.25, -0.2) is 4.98 Å². The van der Waals surface area contributed by atoms with Crippen LogP contribution in [-0.4, -0.2) is 34.1 Å². The van der Waals surface area contributed by atoms with Crippen LogP contribution in [0, 0.1) is 0 Å². The van der Waals surface area contributed by atoms with E-state index in [9.17, 15) is 9.59 Å². The van der Waals surface area contributed by atoms with Gasteiger partial charge in [0.05, 0.1) is 19.1 Å². The molecule has 9 nitrogen and oxygen atoms in total. The number of rotatable bonds is 8. The van der Waals surface area contributed by atoms with Crippen LogP contribution in [0.15, 0.2) is 65.3 Å². The van der Waals surface area contributed by atoms with Crippen LogP contribution in [0.1, 0.15) is 71.0 Å². The molecule has 2 heterocycles. The number of aromatic nitrogens is 3. The Morgan fingerprint density at radius 3 is 2.08 bits per heavy atom. The summed E-state index contributed by atoms with van der Waals surface area (Å²) in [6.07, 6.45) is 1.39. The highest BCUT2D eigenvalue weighted by Gasteiger charge is 2.55. The lowest BCUT2D eigenvalue weighted by Crippen LogP contribution is -2.29. The molecule has 0 radical (unpaired) electrons. The summed E-state index contributed by atoms with van der Waals surface area (Å²) in [6, 6.07) is 16.3. The van der Waals surface area contributed by atoms with Gasteiger partial charge in [0.15, 0.2) is 17.3 Å². The fourth-order valence-electron chi connectivity index (χ4n) is 4.70. The van der Waals surface area contributed by atoms with Crippen LogP contribution >= 0.6 is 23.2 Å². The third-order valence-electron chi connectivity index (χ3n) is 6.56. The number of benzene rings is 2. The van der Waals surface area contributed by atoms with Gasteiger partial charge >= 0.3 is 5.97 Å². The van der Waals surface area contributed by atoms with Crippen LogP contribution in [-0.2, 0) is 4.79 Å². The summed E-state index contributed by atoms with van der Waals surface area (Å²) in [6.45, 7) is 2.95. The number of carbonyl (C=O) groups excluding carboxylic acids is 2. The number of hydrogen-bond donors (Lipinski definition) is 1. The maximum absolute atomic E-state index is 13.1. The molecule has 4 aromatic rings. The van der Waals surface area contributed by atoms with Gasteiger partial charge in [-0.1, -0.05) is 52.6 Å². The smallest absolute Gasteiger partial charge is 0.308 e. The summed E-state index contributed by atoms with van der Waals surface area (Å²) in [5.74, 6) is -0.154. The van der Waals surface area contributed by atoms with E-state index in [2.05, 4.69) is 20.4 Å². The van der Waals surface area contributed by atoms with Crippen molar-refractivity contribution in [1.29, 1.82) is 0 Å². The molecule has 0 bridgehead atoms. The highest BCUT2D eigenvalue weighted by atomic mass is 35.5. The molecule has 2 aromatic carbocycles. The molecular weight excluding hydrogens is 543 g/mol. The lowest BCUT2D eigenvalue weighted by molar-refractivity contribution is -0.132. The highest BCUT2D eigenvalue weighted by Crippen LogP contribution is 2.65. The molecule has 1 N–H and O–H groups in total. The average Bonchev–Trinajstić information content (AvgIpc) is 3.45. The van der Waals surface area contributed by atoms with Crippen molar-refractivity contribution >= 4 is 35.1 Å². The Hall–Kier alpha value is -3.95. The van der Waals surface area contributed by atoms with E-state index in [4.69, 9.17) is 37.2 Å². The molecule has 39 heavy (non-hydrogen) atoms. The molecule has 5 rings (SSSR count). The third kappa shape index (κ3) is 5.60. The zero-order valence-electron chi connectivity index (χ0n) is 21.2. The van der Waals surface area contributed by atoms with Gasteiger partial charge < -0.3 is 19.3 Å². The molecule has 0 aliphatic heterocycles. The second-order valence-electron chi connectivity index (χ2n) is 9.15. The standard InChI is InChI=1S/C28H24Cl2N4O5/c1-14(32-27(36)24-25(38-15(2)35)20(37-3)12-13-31-24)26-33-28(39-34-26)23-21(16-4-8-18(29)9-5-16)22(23)17-6-10-19(30)11-7-17/h4-14,21-23H,1-3H3,(H,32,36)/t14-,21?,22?,23?/m0/s1. The molecule has 2 aromatic heterocycles. The predicted octanol–water partition coefficient (Wildman–Crippen LogP) is 5.86. The fourth-order valence-corrected chi connectivity index (χ4v) is 4.95. The van der Waals surface area contributed by atoms with E-state index >= 15 is 0 Å². The van der Waals surface area contributed by atoms with Crippen molar-refractivity contribution in [3.63, 3.8) is 0 Å². The predicted molar refractivity (Wildman–Crippen MR) is 143 cm³/mol. The Morgan fingerprint density at radius 1 is 0.949 bits per heavy atom. The van der Waals surface area contributed by atoms with Gasteiger partial charge in [0.1, 0.15) is 0 Å². The lowest BCUT2D eigenvalue weighted by atomic mass is 10.0. The Balaban J connectivity index is 1.37. The van der Waals surface area contributed by atoms with Crippen molar-refractivity contribution in [2.75, 3.05) is 7.11 Å². The van der Waals surface area contributed by atoms with E-state index in [-0.39, 0.29) is 34.9 Å². The average molecular weight is 567 g/mol. The van der Waals surface area contributed by atoms with Crippen molar-refractivity contribution in [2.45, 2.75) is 37.6 Å². The number of amides is 1. The molecular formula is C28H24Cl2N4O5. The van der Waals surface area contributed by atoms with Crippen molar-refractivity contribution < 1.29 is 23.6 Å². The Bertz CT molecular complexity index is 1460. The number of ether oxygens (including phenoxy) is 2. The normalized spacial score (nSPS) is 18.7. The number of hydrogen-bond acceptors (Lipinski definition) is 8. The van der Waals surface area contributed by atoms with Crippen LogP contribution in [0.2, 0.25) is 10.0 Å². The Labute approximate surface area is 234 Å². The highest BCUT2D eigenvalue weighted by molar-refractivity contribution is 6.30. The number of nitrogens with zero attached hydrogens (tertiary/aromatic N) is 3. The molecule has 0 saturated heterocycles. The van der Waals surface area contributed by atoms with Crippen LogP contribution < -0.4 is 14.8 Å². The second kappa shape index (κ2) is 11.0. The monoisotopic (exact) mass is 566 g/mol. The van der Waals surface area contributed by atoms with Crippen LogP contribution in [0.25, 0.3) is 0 Å². The summed E-state index contributed by atoms with van der Waals surface area (Å²) in [5, 5.41) is 8.24. The molecule has 1 saturated carbocycles. The van der Waals surface area contributed by atoms with E-state index in [0.29, 0.717) is 21.8 Å². The lowest BCUT2D eigenvalue weighted by Gasteiger charge is -2.14. The van der Waals surface area contributed by atoms with Crippen LogP contribution in [0.5, 0.6) is 11.5 Å². The summed E-state index contributed by atoms with van der Waals surface area (Å²) in [4.78, 5) is 33.3. The van der Waals surface area contributed by atoms with Gasteiger partial charge in [0.2, 0.25) is 11.6 Å². The van der Waals surface area contributed by atoms with Gasteiger partial charge in [0, 0.05) is 41.1 Å². The van der Waals surface area contributed by atoms with Gasteiger partial charge in [-0.2, -0.15) is 4.98 Å². The molecule has 1 amide bonds. The molecule has 1 aliphatic carbocycles. The number of halogens is 2. The molecule has 1 fully saturated rings. The molecule has 3 atom stereocenters. The molecule has 11 heteroatoms. The van der Waals surface area contributed by atoms with Gasteiger partial charge in [-0.05, 0) is 42.3 Å². The first kappa shape index (κ1) is 26.6. The third-order valence-corrected chi connectivity index (χ3v) is 7.06. The summed E-state index contributed by atoms with van der Waals surface area (Å²) < 4.78 is 16.1. The zero-order chi connectivity index (χ0) is 27.7. The first-order chi connectivity index (χ1) is 18.8. The molecule has 0 spiro atoms. The Kier molecular flexibility index (Phi) is 7.54. The number of esters is 1. The topological polar surface area (TPSA) is 116 Å². The maximum Gasteiger partial charge on any atom is 0.308 e. The van der Waals surface area contributed by atoms with Gasteiger partial charge in [-0.3, -0.25) is 9.59 Å². The minimum atomic E-state index is -0.630. The van der Waals surface area contributed by atoms with E-state index < -0.39 is 17.9 Å². The second-order valence-corrected chi connectivity index (χ2v) is 10.0. The first-order valence-electron chi connectivity index (χ1n) is 12.1. The number of carbonyl (C=O) groups is 2. The van der Waals surface area contributed by atoms with Crippen molar-refractivity contribution in [3.05, 3.63) is 99.4 Å². The van der Waals surface area contributed by atoms with Crippen LogP contribution in [0.3, 0.4) is 0 Å². The zero-order valence-corrected chi connectivity index (χ0v) is 22.7. The van der Waals surface area contributed by atoms with E-state index in [1.165, 1.54) is 26.3 Å². The molecule has 1 aliphatic rings. The largest absolute Gasteiger partial charge is 0.493 e. The van der Waals surface area contributed by atoms with E-state index in [1.54, 1.807) is 6.92 Å². The SMILES string of the molecule is COc1ccnc(C(=O)N[C@@H](C)c2noc(C3C(c4ccc(Cl)cc4)C3c3ccc(Cl)cc3)n2)c1OC(C)=O.